The van der Waals surface area contributed by atoms with E-state index < -0.39 is 26.4 Å². The molecule has 4 heteroatoms. The van der Waals surface area contributed by atoms with E-state index in [1.165, 1.54) is 35.3 Å². The molecule has 3 nitrogen and oxygen atoms in total. The molecule has 9 aromatic rings. The Kier molecular flexibility index (Phi) is 7.80. The van der Waals surface area contributed by atoms with E-state index in [4.69, 9.17) is 16.8 Å². The van der Waals surface area contributed by atoms with Gasteiger partial charge in [-0.05, 0) is 118 Å². The molecule has 0 saturated heterocycles. The molecule has 10 rings (SSSR count). The average Bonchev–Trinajstić information content (AvgIpc) is 3.66. The molecule has 0 aliphatic heterocycles. The van der Waals surface area contributed by atoms with E-state index in [1.807, 2.05) is 54.6 Å². The summed E-state index contributed by atoms with van der Waals surface area (Å²) in [6.45, 7) is -2.38. The Morgan fingerprint density at radius 1 is 0.702 bits per heavy atom. The molecule has 285 valence electrons. The van der Waals surface area contributed by atoms with Crippen LogP contribution in [0.3, 0.4) is 0 Å². The Labute approximate surface area is 363 Å². The molecule has 1 aliphatic rings. The van der Waals surface area contributed by atoms with Crippen LogP contribution < -0.4 is 0 Å². The average molecular weight is 929 g/mol. The largest absolute Gasteiger partial charge is 0.501 e. The van der Waals surface area contributed by atoms with Gasteiger partial charge in [-0.1, -0.05) is 122 Å². The zero-order valence-corrected chi connectivity index (χ0v) is 34.1. The van der Waals surface area contributed by atoms with Crippen molar-refractivity contribution >= 4 is 43.5 Å². The zero-order valence-electron chi connectivity index (χ0n) is 41.7. The molecular formula is C53H46IrN2O-2. The molecule has 1 saturated carbocycles. The van der Waals surface area contributed by atoms with Gasteiger partial charge in [-0.25, -0.2) is 0 Å². The molecule has 57 heavy (non-hydrogen) atoms. The number of aryl methyl sites for hydroxylation is 3. The van der Waals surface area contributed by atoms with Crippen LogP contribution in [0, 0.1) is 38.1 Å². The van der Waals surface area contributed by atoms with Crippen LogP contribution in [-0.2, 0) is 20.1 Å². The first-order valence-electron chi connectivity index (χ1n) is 24.0. The van der Waals surface area contributed by atoms with Gasteiger partial charge >= 0.3 is 0 Å². The maximum Gasteiger partial charge on any atom is 0.121 e. The van der Waals surface area contributed by atoms with Gasteiger partial charge < -0.3 is 14.4 Å². The maximum atomic E-state index is 9.41. The van der Waals surface area contributed by atoms with E-state index in [0.717, 1.165) is 45.5 Å². The Morgan fingerprint density at radius 2 is 1.49 bits per heavy atom. The maximum absolute atomic E-state index is 9.41. The van der Waals surface area contributed by atoms with Gasteiger partial charge in [0.1, 0.15) is 5.58 Å². The molecule has 6 aromatic carbocycles. The topological polar surface area (TPSA) is 38.9 Å². The molecule has 0 N–H and O–H groups in total. The van der Waals surface area contributed by atoms with Crippen molar-refractivity contribution in [1.82, 2.24) is 9.97 Å². The van der Waals surface area contributed by atoms with E-state index in [1.54, 1.807) is 12.1 Å². The smallest absolute Gasteiger partial charge is 0.121 e. The van der Waals surface area contributed by atoms with Crippen molar-refractivity contribution in [3.63, 3.8) is 0 Å². The van der Waals surface area contributed by atoms with Crippen LogP contribution in [0.25, 0.3) is 77.1 Å². The van der Waals surface area contributed by atoms with E-state index in [2.05, 4.69) is 78.4 Å². The van der Waals surface area contributed by atoms with Gasteiger partial charge in [0.15, 0.2) is 0 Å². The molecule has 0 amide bonds. The van der Waals surface area contributed by atoms with Gasteiger partial charge in [-0.3, -0.25) is 0 Å². The van der Waals surface area contributed by atoms with Gasteiger partial charge in [-0.15, -0.1) is 47.5 Å². The monoisotopic (exact) mass is 929 g/mol. The first kappa shape index (κ1) is 28.1. The third-order valence-corrected chi connectivity index (χ3v) is 11.1. The van der Waals surface area contributed by atoms with Crippen molar-refractivity contribution in [3.8, 4) is 33.6 Å². The summed E-state index contributed by atoms with van der Waals surface area (Å²) in [4.78, 5) is 8.82. The summed E-state index contributed by atoms with van der Waals surface area (Å²) in [5.74, 6) is -0.975. The standard InChI is InChI=1S/C34H30NO.C19H16N.Ir/c1-21-20-35-31(18-28(21)23-13-15-34(2,3)16-14-23)27-10-6-9-26-30-17-24-12-11-22-7-4-5-8-25(22)29(24)19-32(30)36-33(26)27;1-14-8-11-19(20-13-14)17-10-9-15(2)18(12-17)16-6-4-3-5-7-16;/h4-9,11-12,17-20,23H,13-16H2,1-3H3;3-9,11-13H,1-2H3;/q2*-1;/i1D3,23D;1D3,2D3;. The molecule has 3 aromatic heterocycles. The van der Waals surface area contributed by atoms with E-state index in [-0.39, 0.29) is 42.2 Å². The normalized spacial score (nSPS) is 17.9. The fourth-order valence-electron chi connectivity index (χ4n) is 7.86. The van der Waals surface area contributed by atoms with Crippen molar-refractivity contribution in [1.29, 1.82) is 0 Å². The Balaban J connectivity index is 0.000000196. The predicted molar refractivity (Wildman–Crippen MR) is 234 cm³/mol. The molecule has 3 heterocycles. The summed E-state index contributed by atoms with van der Waals surface area (Å²) in [5, 5.41) is 6.61. The number of rotatable bonds is 4. The quantitative estimate of drug-likeness (QED) is 0.130. The summed E-state index contributed by atoms with van der Waals surface area (Å²) >= 11 is 0. The molecule has 1 fully saturated rings. The number of benzene rings is 6. The van der Waals surface area contributed by atoms with Gasteiger partial charge in [-0.2, -0.15) is 0 Å². The van der Waals surface area contributed by atoms with Crippen molar-refractivity contribution in [3.05, 3.63) is 168 Å². The van der Waals surface area contributed by atoms with Crippen LogP contribution in [0.5, 0.6) is 0 Å². The SMILES string of the molecule is [2H]C([2H])([2H])c1ccc(-c2[c-]cc(C([2H])([2H])[2H])c(-c3ccccc3)c2)nc1.[2H]C([2H])([2H])c1cnc(-c2[c-]ccc3c2oc2cc4c(ccc5ccccc54)cc23)cc1C1([2H])CCC(C)(C)CC1.[Ir]. The summed E-state index contributed by atoms with van der Waals surface area (Å²) in [6.07, 6.45) is 5.75. The fraction of sp³-hybridized carbons (Fsp3) is 0.208. The van der Waals surface area contributed by atoms with Crippen LogP contribution in [0.15, 0.2) is 138 Å². The van der Waals surface area contributed by atoms with Crippen molar-refractivity contribution in [2.24, 2.45) is 5.41 Å². The van der Waals surface area contributed by atoms with Crippen molar-refractivity contribution in [2.75, 3.05) is 0 Å². The molecule has 0 atom stereocenters. The second-order valence-corrected chi connectivity index (χ2v) is 15.4. The Bertz CT molecular complexity index is 3260. The molecular weight excluding hydrogens is 873 g/mol. The van der Waals surface area contributed by atoms with E-state index >= 15 is 0 Å². The second kappa shape index (κ2) is 15.9. The molecule has 1 radical (unpaired) electrons. The van der Waals surface area contributed by atoms with Crippen LogP contribution >= 0.6 is 0 Å². The number of nitrogens with zero attached hydrogens (tertiary/aromatic N) is 2. The summed E-state index contributed by atoms with van der Waals surface area (Å²) in [6, 6.07) is 44.4. The van der Waals surface area contributed by atoms with Crippen LogP contribution in [0.1, 0.15) is 81.4 Å². The molecule has 1 aliphatic carbocycles. The van der Waals surface area contributed by atoms with Gasteiger partial charge in [0, 0.05) is 51.6 Å². The van der Waals surface area contributed by atoms with Crippen LogP contribution in [0.2, 0.25) is 0 Å². The number of furan rings is 1. The molecule has 0 bridgehead atoms. The summed E-state index contributed by atoms with van der Waals surface area (Å²) in [7, 11) is 0. The minimum atomic E-state index is -2.35. The third kappa shape index (κ3) is 7.69. The minimum absolute atomic E-state index is 0. The number of aromatic nitrogens is 2. The van der Waals surface area contributed by atoms with Gasteiger partial charge in [0.05, 0.1) is 5.58 Å². The number of hydrogen-bond acceptors (Lipinski definition) is 3. The number of fused-ring (bicyclic) bond motifs is 6. The van der Waals surface area contributed by atoms with Crippen LogP contribution in [-0.4, -0.2) is 9.97 Å². The number of pyridine rings is 2. The molecule has 0 spiro atoms. The van der Waals surface area contributed by atoms with Gasteiger partial charge in [0.25, 0.3) is 0 Å². The first-order chi connectivity index (χ1) is 31.2. The Morgan fingerprint density at radius 3 is 2.28 bits per heavy atom. The second-order valence-electron chi connectivity index (χ2n) is 15.4. The van der Waals surface area contributed by atoms with Crippen molar-refractivity contribution in [2.45, 2.75) is 66.0 Å². The predicted octanol–water partition coefficient (Wildman–Crippen LogP) is 14.6. The minimum Gasteiger partial charge on any atom is -0.501 e. The fourth-order valence-corrected chi connectivity index (χ4v) is 7.86. The summed E-state index contributed by atoms with van der Waals surface area (Å²) in [5.41, 5.74) is 6.47. The summed E-state index contributed by atoms with van der Waals surface area (Å²) < 4.78 is 86.0. The van der Waals surface area contributed by atoms with Crippen LogP contribution in [0.4, 0.5) is 0 Å². The first-order valence-corrected chi connectivity index (χ1v) is 19.0. The molecule has 0 unspecified atom stereocenters. The van der Waals surface area contributed by atoms with Gasteiger partial charge in [0.2, 0.25) is 0 Å². The third-order valence-electron chi connectivity index (χ3n) is 11.1. The number of hydrogen-bond donors (Lipinski definition) is 0. The van der Waals surface area contributed by atoms with E-state index in [0.29, 0.717) is 52.1 Å². The van der Waals surface area contributed by atoms with Crippen molar-refractivity contribution < 1.29 is 38.2 Å². The van der Waals surface area contributed by atoms with E-state index in [9.17, 15) is 1.37 Å². The zero-order chi connectivity index (χ0) is 46.8. The Hall–Kier alpha value is -5.41.